The second-order valence-electron chi connectivity index (χ2n) is 1.88. The highest BCUT2D eigenvalue weighted by atomic mass is 16.1. The Balaban J connectivity index is 2.98. The quantitative estimate of drug-likeness (QED) is 0.503. The van der Waals surface area contributed by atoms with Gasteiger partial charge in [-0.15, -0.1) is 0 Å². The molecule has 0 aromatic rings. The average molecular weight is 114 g/mol. The number of carbonyl (C=O) groups is 1. The van der Waals surface area contributed by atoms with E-state index in [1.165, 1.54) is 0 Å². The third kappa shape index (κ3) is 3.81. The van der Waals surface area contributed by atoms with E-state index in [0.717, 1.165) is 19.3 Å². The van der Waals surface area contributed by atoms with Crippen molar-refractivity contribution in [2.45, 2.75) is 32.2 Å². The fourth-order valence-corrected chi connectivity index (χ4v) is 0.492. The predicted octanol–water partition coefficient (Wildman–Crippen LogP) is 1.03. The van der Waals surface area contributed by atoms with E-state index in [4.69, 9.17) is 5.73 Å². The van der Waals surface area contributed by atoms with Crippen molar-refractivity contribution in [1.29, 1.82) is 0 Å². The van der Waals surface area contributed by atoms with E-state index < -0.39 is 6.04 Å². The number of nitrogens with one attached hydrogen (secondary N) is 1. The van der Waals surface area contributed by atoms with Gasteiger partial charge in [-0.05, 0) is 6.42 Å². The molecule has 0 rings (SSSR count). The summed E-state index contributed by atoms with van der Waals surface area (Å²) in [6.07, 6.45) is 3.48. The number of rotatable bonds is 4. The van der Waals surface area contributed by atoms with Crippen LogP contribution in [0.25, 0.3) is 0 Å². The standard InChI is InChI=1S/C6H12NO/c1-2-3-4-6(7)5-8/h5-7H,2-4H2,1H3. The van der Waals surface area contributed by atoms with Crippen molar-refractivity contribution in [2.24, 2.45) is 0 Å². The Morgan fingerprint density at radius 2 is 2.38 bits per heavy atom. The van der Waals surface area contributed by atoms with Gasteiger partial charge in [0.05, 0.1) is 6.04 Å². The van der Waals surface area contributed by atoms with Crippen molar-refractivity contribution in [3.8, 4) is 0 Å². The summed E-state index contributed by atoms with van der Waals surface area (Å²) >= 11 is 0. The number of unbranched alkanes of at least 4 members (excludes halogenated alkanes) is 1. The molecule has 0 aliphatic heterocycles. The van der Waals surface area contributed by atoms with E-state index in [-0.39, 0.29) is 0 Å². The molecule has 2 nitrogen and oxygen atoms in total. The number of hydrogen-bond donors (Lipinski definition) is 0. The zero-order chi connectivity index (χ0) is 6.41. The maximum Gasteiger partial charge on any atom is 0.138 e. The third-order valence-electron chi connectivity index (χ3n) is 1.03. The summed E-state index contributed by atoms with van der Waals surface area (Å²) in [5.41, 5.74) is 6.96. The van der Waals surface area contributed by atoms with Gasteiger partial charge < -0.3 is 4.79 Å². The summed E-state index contributed by atoms with van der Waals surface area (Å²) < 4.78 is 0. The van der Waals surface area contributed by atoms with Crippen LogP contribution in [0.15, 0.2) is 0 Å². The van der Waals surface area contributed by atoms with Crippen LogP contribution in [0.1, 0.15) is 26.2 Å². The first-order valence-corrected chi connectivity index (χ1v) is 2.97. The Morgan fingerprint density at radius 3 is 2.75 bits per heavy atom. The summed E-state index contributed by atoms with van der Waals surface area (Å²) in [5, 5.41) is 0. The van der Waals surface area contributed by atoms with Crippen LogP contribution in [0.3, 0.4) is 0 Å². The molecule has 0 aliphatic rings. The third-order valence-corrected chi connectivity index (χ3v) is 1.03. The van der Waals surface area contributed by atoms with Crippen LogP contribution in [0.5, 0.6) is 0 Å². The molecule has 1 N–H and O–H groups in total. The summed E-state index contributed by atoms with van der Waals surface area (Å²) in [6, 6.07) is -0.477. The molecule has 0 saturated carbocycles. The smallest absolute Gasteiger partial charge is 0.138 e. The Labute approximate surface area is 50.1 Å². The molecule has 0 fully saturated rings. The maximum absolute atomic E-state index is 9.82. The molecule has 0 aliphatic carbocycles. The van der Waals surface area contributed by atoms with Gasteiger partial charge in [-0.25, -0.2) is 5.73 Å². The van der Waals surface area contributed by atoms with Crippen LogP contribution >= 0.6 is 0 Å². The van der Waals surface area contributed by atoms with E-state index in [2.05, 4.69) is 6.92 Å². The van der Waals surface area contributed by atoms with Gasteiger partial charge in [0, 0.05) is 0 Å². The second-order valence-corrected chi connectivity index (χ2v) is 1.88. The molecular formula is C6H12NO. The van der Waals surface area contributed by atoms with Crippen LogP contribution in [0, 0.1) is 0 Å². The molecule has 1 atom stereocenters. The Morgan fingerprint density at radius 1 is 1.75 bits per heavy atom. The topological polar surface area (TPSA) is 40.9 Å². The molecule has 0 saturated heterocycles. The second kappa shape index (κ2) is 4.78. The van der Waals surface area contributed by atoms with Crippen LogP contribution < -0.4 is 5.73 Å². The van der Waals surface area contributed by atoms with Gasteiger partial charge in [0.1, 0.15) is 6.29 Å². The van der Waals surface area contributed by atoms with Gasteiger partial charge in [-0.3, -0.25) is 0 Å². The predicted molar refractivity (Wildman–Crippen MR) is 32.5 cm³/mol. The molecule has 0 bridgehead atoms. The van der Waals surface area contributed by atoms with Gasteiger partial charge in [-0.1, -0.05) is 19.8 Å². The molecule has 0 spiro atoms. The lowest BCUT2D eigenvalue weighted by atomic mass is 10.1. The molecule has 0 aromatic carbocycles. The number of carbonyl (C=O) groups excluding carboxylic acids is 1. The van der Waals surface area contributed by atoms with Crippen molar-refractivity contribution >= 4 is 6.29 Å². The van der Waals surface area contributed by atoms with E-state index in [1.807, 2.05) is 0 Å². The molecule has 1 unspecified atom stereocenters. The summed E-state index contributed by atoms with van der Waals surface area (Å²) in [5.74, 6) is 0. The van der Waals surface area contributed by atoms with Gasteiger partial charge in [0.25, 0.3) is 0 Å². The molecule has 8 heavy (non-hydrogen) atoms. The minimum absolute atomic E-state index is 0.477. The van der Waals surface area contributed by atoms with Crippen LogP contribution in [-0.4, -0.2) is 12.3 Å². The highest BCUT2D eigenvalue weighted by Crippen LogP contribution is 1.95. The summed E-state index contributed by atoms with van der Waals surface area (Å²) in [6.45, 7) is 2.05. The fourth-order valence-electron chi connectivity index (χ4n) is 0.492. The molecule has 0 aromatic heterocycles. The Kier molecular flexibility index (Phi) is 4.56. The molecule has 1 radical (unpaired) electrons. The van der Waals surface area contributed by atoms with Crippen molar-refractivity contribution in [2.75, 3.05) is 0 Å². The lowest BCUT2D eigenvalue weighted by Crippen LogP contribution is -2.09. The highest BCUT2D eigenvalue weighted by molar-refractivity contribution is 5.56. The van der Waals surface area contributed by atoms with E-state index in [0.29, 0.717) is 6.29 Å². The van der Waals surface area contributed by atoms with Gasteiger partial charge >= 0.3 is 0 Å². The van der Waals surface area contributed by atoms with Crippen LogP contribution in [0.2, 0.25) is 0 Å². The largest absolute Gasteiger partial charge is 0.302 e. The van der Waals surface area contributed by atoms with Gasteiger partial charge in [0.15, 0.2) is 0 Å². The van der Waals surface area contributed by atoms with Crippen LogP contribution in [0.4, 0.5) is 0 Å². The summed E-state index contributed by atoms with van der Waals surface area (Å²) in [7, 11) is 0. The minimum Gasteiger partial charge on any atom is -0.302 e. The van der Waals surface area contributed by atoms with Gasteiger partial charge in [-0.2, -0.15) is 0 Å². The van der Waals surface area contributed by atoms with Crippen molar-refractivity contribution < 1.29 is 4.79 Å². The first-order valence-electron chi connectivity index (χ1n) is 2.97. The minimum atomic E-state index is -0.477. The molecule has 0 heterocycles. The monoisotopic (exact) mass is 114 g/mol. The maximum atomic E-state index is 9.82. The van der Waals surface area contributed by atoms with Crippen molar-refractivity contribution in [3.05, 3.63) is 0 Å². The molecule has 0 amide bonds. The van der Waals surface area contributed by atoms with Crippen LogP contribution in [-0.2, 0) is 4.79 Å². The Bertz CT molecular complexity index is 63.5. The lowest BCUT2D eigenvalue weighted by molar-refractivity contribution is -0.109. The van der Waals surface area contributed by atoms with E-state index >= 15 is 0 Å². The first-order chi connectivity index (χ1) is 3.81. The summed E-state index contributed by atoms with van der Waals surface area (Å²) in [4.78, 5) is 9.82. The molecule has 47 valence electrons. The average Bonchev–Trinajstić information content (AvgIpc) is 1.83. The van der Waals surface area contributed by atoms with Gasteiger partial charge in [0.2, 0.25) is 0 Å². The first kappa shape index (κ1) is 7.63. The lowest BCUT2D eigenvalue weighted by Gasteiger charge is -1.97. The SMILES string of the molecule is CCCCC([NH])C=O. The molecular weight excluding hydrogens is 102 g/mol. The number of aldehydes is 1. The zero-order valence-corrected chi connectivity index (χ0v) is 5.18. The highest BCUT2D eigenvalue weighted by Gasteiger charge is 1.96. The Hall–Kier alpha value is -0.370. The fraction of sp³-hybridized carbons (Fsp3) is 0.833. The zero-order valence-electron chi connectivity index (χ0n) is 5.18. The van der Waals surface area contributed by atoms with Crippen molar-refractivity contribution in [3.63, 3.8) is 0 Å². The van der Waals surface area contributed by atoms with E-state index in [1.54, 1.807) is 0 Å². The molecule has 2 heteroatoms. The van der Waals surface area contributed by atoms with E-state index in [9.17, 15) is 4.79 Å². The van der Waals surface area contributed by atoms with Crippen molar-refractivity contribution in [1.82, 2.24) is 5.73 Å². The normalized spacial score (nSPS) is 13.2. The number of hydrogen-bond acceptors (Lipinski definition) is 1.